The Morgan fingerprint density at radius 2 is 1.71 bits per heavy atom. The summed E-state index contributed by atoms with van der Waals surface area (Å²) in [7, 11) is 1.55. The van der Waals surface area contributed by atoms with Crippen molar-refractivity contribution in [1.29, 1.82) is 0 Å². The Kier molecular flexibility index (Phi) is 5.78. The molecule has 0 bridgehead atoms. The summed E-state index contributed by atoms with van der Waals surface area (Å²) in [5.74, 6) is -0.894. The molecule has 0 radical (unpaired) electrons. The number of hydrogen-bond acceptors (Lipinski definition) is 5. The quantitative estimate of drug-likeness (QED) is 0.568. The van der Waals surface area contributed by atoms with E-state index in [0.717, 1.165) is 11.3 Å². The molecule has 0 saturated carbocycles. The minimum Gasteiger partial charge on any atom is -0.497 e. The zero-order valence-electron chi connectivity index (χ0n) is 16.2. The van der Waals surface area contributed by atoms with Crippen LogP contribution in [0.5, 0.6) is 5.75 Å². The van der Waals surface area contributed by atoms with Gasteiger partial charge < -0.3 is 14.4 Å². The lowest BCUT2D eigenvalue weighted by molar-refractivity contribution is -0.151. The third kappa shape index (κ3) is 4.22. The maximum Gasteiger partial charge on any atom is 0.312 e. The number of carbonyl (C=O) groups is 3. The third-order valence-corrected chi connectivity index (χ3v) is 4.84. The number of benzene rings is 2. The first-order valence-corrected chi connectivity index (χ1v) is 9.15. The second-order valence-corrected chi connectivity index (χ2v) is 6.91. The fraction of sp³-hybridized carbons (Fsp3) is 0.318. The highest BCUT2D eigenvalue weighted by atomic mass is 16.5. The molecule has 1 fully saturated rings. The van der Waals surface area contributed by atoms with Crippen molar-refractivity contribution in [1.82, 2.24) is 0 Å². The van der Waals surface area contributed by atoms with Crippen LogP contribution in [-0.4, -0.2) is 37.4 Å². The Morgan fingerprint density at radius 1 is 1.07 bits per heavy atom. The van der Waals surface area contributed by atoms with E-state index < -0.39 is 18.0 Å². The number of carbonyl (C=O) groups excluding carboxylic acids is 3. The normalized spacial score (nSPS) is 17.3. The van der Waals surface area contributed by atoms with Crippen molar-refractivity contribution < 1.29 is 23.9 Å². The molecule has 6 heteroatoms. The van der Waals surface area contributed by atoms with Crippen LogP contribution in [0.15, 0.2) is 48.5 Å². The summed E-state index contributed by atoms with van der Waals surface area (Å²) in [6.07, 6.45) is -0.847. The van der Waals surface area contributed by atoms with Crippen LogP contribution < -0.4 is 9.64 Å². The minimum atomic E-state index is -0.926. The van der Waals surface area contributed by atoms with E-state index >= 15 is 0 Å². The van der Waals surface area contributed by atoms with E-state index in [4.69, 9.17) is 9.47 Å². The van der Waals surface area contributed by atoms with E-state index in [1.165, 1.54) is 0 Å². The number of rotatable bonds is 6. The Labute approximate surface area is 164 Å². The molecule has 1 heterocycles. The molecule has 1 aliphatic heterocycles. The first kappa shape index (κ1) is 19.6. The molecule has 2 aromatic carbocycles. The van der Waals surface area contributed by atoms with Crippen molar-refractivity contribution in [3.8, 4) is 5.75 Å². The second-order valence-electron chi connectivity index (χ2n) is 6.91. The maximum absolute atomic E-state index is 12.5. The Hall–Kier alpha value is -3.15. The molecule has 0 aliphatic carbocycles. The average molecular weight is 381 g/mol. The number of esters is 1. The van der Waals surface area contributed by atoms with Gasteiger partial charge in [-0.05, 0) is 50.2 Å². The highest BCUT2D eigenvalue weighted by molar-refractivity contribution is 6.02. The lowest BCUT2D eigenvalue weighted by Crippen LogP contribution is -2.30. The zero-order chi connectivity index (χ0) is 20.3. The van der Waals surface area contributed by atoms with E-state index in [1.54, 1.807) is 43.2 Å². The van der Waals surface area contributed by atoms with Gasteiger partial charge in [-0.25, -0.2) is 0 Å². The van der Waals surface area contributed by atoms with Gasteiger partial charge in [0.25, 0.3) is 0 Å². The first-order valence-electron chi connectivity index (χ1n) is 9.15. The zero-order valence-corrected chi connectivity index (χ0v) is 16.2. The highest BCUT2D eigenvalue weighted by Crippen LogP contribution is 2.26. The molecule has 6 nitrogen and oxygen atoms in total. The van der Waals surface area contributed by atoms with Gasteiger partial charge in [-0.2, -0.15) is 0 Å². The first-order chi connectivity index (χ1) is 13.4. The van der Waals surface area contributed by atoms with Crippen LogP contribution in [0.25, 0.3) is 0 Å². The molecule has 28 heavy (non-hydrogen) atoms. The van der Waals surface area contributed by atoms with E-state index in [2.05, 4.69) is 0 Å². The van der Waals surface area contributed by atoms with Crippen molar-refractivity contribution in [2.24, 2.45) is 5.92 Å². The highest BCUT2D eigenvalue weighted by Gasteiger charge is 2.37. The number of aryl methyl sites for hydroxylation is 1. The van der Waals surface area contributed by atoms with Gasteiger partial charge in [0.2, 0.25) is 11.7 Å². The number of amides is 1. The molecule has 0 N–H and O–H groups in total. The number of Topliss-reactive ketones (excluding diaryl/α,β-unsaturated/α-hetero) is 1. The van der Waals surface area contributed by atoms with Gasteiger partial charge in [-0.15, -0.1) is 0 Å². The van der Waals surface area contributed by atoms with Gasteiger partial charge in [0.15, 0.2) is 6.10 Å². The summed E-state index contributed by atoms with van der Waals surface area (Å²) >= 11 is 0. The summed E-state index contributed by atoms with van der Waals surface area (Å²) in [5, 5.41) is 0. The SMILES string of the molecule is COc1ccc(C(=O)[C@H](C)OC(=O)[C@@H]2CC(=O)N(c3ccc(C)cc3)C2)cc1. The topological polar surface area (TPSA) is 72.9 Å². The maximum atomic E-state index is 12.5. The van der Waals surface area contributed by atoms with Crippen LogP contribution >= 0.6 is 0 Å². The van der Waals surface area contributed by atoms with Gasteiger partial charge in [-0.1, -0.05) is 17.7 Å². The van der Waals surface area contributed by atoms with Crippen molar-refractivity contribution in [2.45, 2.75) is 26.4 Å². The number of ketones is 1. The van der Waals surface area contributed by atoms with Gasteiger partial charge in [0.1, 0.15) is 5.75 Å². The van der Waals surface area contributed by atoms with Crippen LogP contribution in [0.2, 0.25) is 0 Å². The summed E-state index contributed by atoms with van der Waals surface area (Å²) in [4.78, 5) is 38.9. The molecule has 0 spiro atoms. The predicted molar refractivity (Wildman–Crippen MR) is 105 cm³/mol. The van der Waals surface area contributed by atoms with Crippen molar-refractivity contribution in [3.63, 3.8) is 0 Å². The van der Waals surface area contributed by atoms with Crippen molar-refractivity contribution >= 4 is 23.3 Å². The molecule has 0 unspecified atom stereocenters. The third-order valence-electron chi connectivity index (χ3n) is 4.84. The number of hydrogen-bond donors (Lipinski definition) is 0. The molecule has 1 saturated heterocycles. The van der Waals surface area contributed by atoms with Gasteiger partial charge in [0, 0.05) is 24.2 Å². The molecular weight excluding hydrogens is 358 g/mol. The Bertz CT molecular complexity index is 873. The number of anilines is 1. The van der Waals surface area contributed by atoms with E-state index in [1.807, 2.05) is 31.2 Å². The fourth-order valence-electron chi connectivity index (χ4n) is 3.15. The molecule has 1 aliphatic rings. The minimum absolute atomic E-state index is 0.0795. The van der Waals surface area contributed by atoms with Crippen LogP contribution in [0.3, 0.4) is 0 Å². The summed E-state index contributed by atoms with van der Waals surface area (Å²) < 4.78 is 10.4. The summed E-state index contributed by atoms with van der Waals surface area (Å²) in [6, 6.07) is 14.2. The van der Waals surface area contributed by atoms with E-state index in [9.17, 15) is 14.4 Å². The molecule has 1 amide bonds. The Morgan fingerprint density at radius 3 is 2.32 bits per heavy atom. The predicted octanol–water partition coefficient (Wildman–Crippen LogP) is 3.17. The van der Waals surface area contributed by atoms with Crippen LogP contribution in [-0.2, 0) is 14.3 Å². The Balaban J connectivity index is 1.61. The molecule has 3 rings (SSSR count). The average Bonchev–Trinajstić information content (AvgIpc) is 3.10. The second kappa shape index (κ2) is 8.25. The number of nitrogens with zero attached hydrogens (tertiary/aromatic N) is 1. The lowest BCUT2D eigenvalue weighted by Gasteiger charge is -2.18. The monoisotopic (exact) mass is 381 g/mol. The largest absolute Gasteiger partial charge is 0.497 e. The fourth-order valence-corrected chi connectivity index (χ4v) is 3.15. The van der Waals surface area contributed by atoms with Crippen LogP contribution in [0.4, 0.5) is 5.69 Å². The van der Waals surface area contributed by atoms with Gasteiger partial charge in [-0.3, -0.25) is 14.4 Å². The lowest BCUT2D eigenvalue weighted by atomic mass is 10.1. The standard InChI is InChI=1S/C22H23NO5/c1-14-4-8-18(9-5-14)23-13-17(12-20(23)24)22(26)28-15(2)21(25)16-6-10-19(27-3)11-7-16/h4-11,15,17H,12-13H2,1-3H3/t15-,17+/m0/s1. The van der Waals surface area contributed by atoms with Crippen LogP contribution in [0, 0.1) is 12.8 Å². The number of methoxy groups -OCH3 is 1. The van der Waals surface area contributed by atoms with Gasteiger partial charge in [0.05, 0.1) is 13.0 Å². The van der Waals surface area contributed by atoms with Crippen LogP contribution in [0.1, 0.15) is 29.3 Å². The van der Waals surface area contributed by atoms with E-state index in [-0.39, 0.29) is 24.7 Å². The molecule has 0 aromatic heterocycles. The molecule has 2 atom stereocenters. The number of ether oxygens (including phenoxy) is 2. The van der Waals surface area contributed by atoms with Crippen molar-refractivity contribution in [2.75, 3.05) is 18.6 Å². The van der Waals surface area contributed by atoms with Crippen molar-refractivity contribution in [3.05, 3.63) is 59.7 Å². The molecule has 146 valence electrons. The summed E-state index contributed by atoms with van der Waals surface area (Å²) in [5.41, 5.74) is 2.29. The molecule has 2 aromatic rings. The smallest absolute Gasteiger partial charge is 0.312 e. The summed E-state index contributed by atoms with van der Waals surface area (Å²) in [6.45, 7) is 3.76. The van der Waals surface area contributed by atoms with E-state index in [0.29, 0.717) is 11.3 Å². The van der Waals surface area contributed by atoms with Gasteiger partial charge >= 0.3 is 5.97 Å². The molecular formula is C22H23NO5.